The summed E-state index contributed by atoms with van der Waals surface area (Å²) in [5.74, 6) is -0.0546. The Labute approximate surface area is 122 Å². The van der Waals surface area contributed by atoms with E-state index >= 15 is 0 Å². The summed E-state index contributed by atoms with van der Waals surface area (Å²) >= 11 is 5.47. The van der Waals surface area contributed by atoms with Gasteiger partial charge in [0.1, 0.15) is 0 Å². The van der Waals surface area contributed by atoms with E-state index in [9.17, 15) is 4.79 Å². The Balaban J connectivity index is 2.07. The molecule has 0 bridgehead atoms. The molecule has 1 heterocycles. The lowest BCUT2D eigenvalue weighted by atomic mass is 10.3. The van der Waals surface area contributed by atoms with Crippen LogP contribution in [0.25, 0.3) is 0 Å². The Bertz CT molecular complexity index is 522. The minimum atomic E-state index is -0.0546. The Morgan fingerprint density at radius 1 is 1.35 bits per heavy atom. The second-order valence-electron chi connectivity index (χ2n) is 3.32. The number of rotatable bonds is 3. The summed E-state index contributed by atoms with van der Waals surface area (Å²) in [5, 5.41) is 4.75. The van der Waals surface area contributed by atoms with Gasteiger partial charge in [-0.15, -0.1) is 23.1 Å². The molecule has 1 aromatic heterocycles. The number of hydrogen-bond acceptors (Lipinski definition) is 3. The molecule has 0 aliphatic heterocycles. The highest BCUT2D eigenvalue weighted by Gasteiger charge is 2.07. The molecule has 2 aromatic rings. The number of anilines is 1. The number of thioether (sulfide) groups is 1. The van der Waals surface area contributed by atoms with Gasteiger partial charge in [-0.3, -0.25) is 4.79 Å². The van der Waals surface area contributed by atoms with E-state index in [1.165, 1.54) is 4.90 Å². The minimum Gasteiger partial charge on any atom is -0.322 e. The summed E-state index contributed by atoms with van der Waals surface area (Å²) < 4.78 is 1.12. The number of hydrogen-bond donors (Lipinski definition) is 1. The fourth-order valence-electron chi connectivity index (χ4n) is 1.31. The van der Waals surface area contributed by atoms with Crippen LogP contribution < -0.4 is 5.32 Å². The summed E-state index contributed by atoms with van der Waals surface area (Å²) in [7, 11) is 0. The van der Waals surface area contributed by atoms with Crippen molar-refractivity contribution in [2.24, 2.45) is 0 Å². The van der Waals surface area contributed by atoms with Crippen molar-refractivity contribution in [1.82, 2.24) is 0 Å². The first-order valence-electron chi connectivity index (χ1n) is 4.88. The largest absolute Gasteiger partial charge is 0.322 e. The van der Waals surface area contributed by atoms with Crippen LogP contribution in [0.3, 0.4) is 0 Å². The van der Waals surface area contributed by atoms with Gasteiger partial charge in [0.2, 0.25) is 0 Å². The van der Waals surface area contributed by atoms with Gasteiger partial charge in [0.25, 0.3) is 5.91 Å². The van der Waals surface area contributed by atoms with Crippen LogP contribution in [-0.4, -0.2) is 12.2 Å². The van der Waals surface area contributed by atoms with Gasteiger partial charge >= 0.3 is 0 Å². The van der Waals surface area contributed by atoms with Gasteiger partial charge in [-0.05, 0) is 59.2 Å². The second kappa shape index (κ2) is 5.88. The van der Waals surface area contributed by atoms with E-state index in [1.54, 1.807) is 23.1 Å². The van der Waals surface area contributed by atoms with Crippen molar-refractivity contribution in [2.45, 2.75) is 4.90 Å². The fourth-order valence-corrected chi connectivity index (χ4v) is 3.04. The Hall–Kier alpha value is -0.530. The molecule has 1 amide bonds. The van der Waals surface area contributed by atoms with Crippen LogP contribution in [0.2, 0.25) is 0 Å². The van der Waals surface area contributed by atoms with E-state index in [-0.39, 0.29) is 5.91 Å². The first-order valence-corrected chi connectivity index (χ1v) is 8.07. The van der Waals surface area contributed by atoms with E-state index in [2.05, 4.69) is 27.9 Å². The van der Waals surface area contributed by atoms with Gasteiger partial charge in [0.15, 0.2) is 0 Å². The number of halogens is 1. The van der Waals surface area contributed by atoms with Crippen LogP contribution >= 0.6 is 45.7 Å². The van der Waals surface area contributed by atoms with Crippen LogP contribution in [0.4, 0.5) is 5.69 Å². The van der Waals surface area contributed by atoms with E-state index < -0.39 is 0 Å². The monoisotopic (exact) mass is 375 g/mol. The Morgan fingerprint density at radius 3 is 2.59 bits per heavy atom. The molecule has 0 radical (unpaired) electrons. The summed E-state index contributed by atoms with van der Waals surface area (Å²) in [4.78, 5) is 13.1. The molecule has 1 aromatic carbocycles. The number of nitrogens with one attached hydrogen (secondary N) is 1. The molecule has 0 spiro atoms. The van der Waals surface area contributed by atoms with Crippen molar-refractivity contribution in [3.05, 3.63) is 44.2 Å². The van der Waals surface area contributed by atoms with Gasteiger partial charge in [0.05, 0.1) is 8.45 Å². The first-order chi connectivity index (χ1) is 8.19. The first kappa shape index (κ1) is 12.9. The number of thiophene rings is 1. The topological polar surface area (TPSA) is 29.1 Å². The van der Waals surface area contributed by atoms with Crippen LogP contribution in [-0.2, 0) is 0 Å². The lowest BCUT2D eigenvalue weighted by molar-refractivity contribution is 0.102. The zero-order valence-corrected chi connectivity index (χ0v) is 12.9. The Kier molecular flexibility index (Phi) is 4.47. The minimum absolute atomic E-state index is 0.0546. The molecule has 0 unspecified atom stereocenters. The lowest BCUT2D eigenvalue weighted by Crippen LogP contribution is -2.10. The quantitative estimate of drug-likeness (QED) is 0.639. The summed E-state index contributed by atoms with van der Waals surface area (Å²) in [5.41, 5.74) is 1.54. The molecule has 5 heteroatoms. The molecule has 17 heavy (non-hydrogen) atoms. The fraction of sp³-hybridized carbons (Fsp3) is 0.0833. The van der Waals surface area contributed by atoms with E-state index in [1.807, 2.05) is 42.0 Å². The normalized spacial score (nSPS) is 10.2. The van der Waals surface area contributed by atoms with Gasteiger partial charge in [0, 0.05) is 16.0 Å². The van der Waals surface area contributed by atoms with Gasteiger partial charge in [-0.2, -0.15) is 0 Å². The zero-order valence-electron chi connectivity index (χ0n) is 9.07. The van der Waals surface area contributed by atoms with Crippen LogP contribution in [0.5, 0.6) is 0 Å². The average molecular weight is 375 g/mol. The maximum absolute atomic E-state index is 11.9. The predicted octanol–water partition coefficient (Wildman–Crippen LogP) is 4.33. The van der Waals surface area contributed by atoms with Crippen LogP contribution in [0.1, 0.15) is 10.4 Å². The molecular weight excluding hydrogens is 365 g/mol. The third-order valence-electron chi connectivity index (χ3n) is 2.18. The number of carbonyl (C=O) groups excluding carboxylic acids is 1. The molecule has 88 valence electrons. The zero-order chi connectivity index (χ0) is 12.3. The smallest absolute Gasteiger partial charge is 0.256 e. The standard InChI is InChI=1S/C12H10INOS2/c1-16-10-4-2-9(3-5-10)14-12(15)8-6-11(13)17-7-8/h2-7H,1H3,(H,14,15). The van der Waals surface area contributed by atoms with Crippen molar-refractivity contribution >= 4 is 57.3 Å². The van der Waals surface area contributed by atoms with Gasteiger partial charge in [-0.1, -0.05) is 0 Å². The molecule has 0 saturated heterocycles. The van der Waals surface area contributed by atoms with Crippen LogP contribution in [0.15, 0.2) is 40.6 Å². The summed E-state index contributed by atoms with van der Waals surface area (Å²) in [6.07, 6.45) is 2.03. The lowest BCUT2D eigenvalue weighted by Gasteiger charge is -2.04. The third kappa shape index (κ3) is 3.46. The average Bonchev–Trinajstić information content (AvgIpc) is 2.77. The van der Waals surface area contributed by atoms with E-state index in [4.69, 9.17) is 0 Å². The number of amides is 1. The van der Waals surface area contributed by atoms with Crippen molar-refractivity contribution in [3.63, 3.8) is 0 Å². The molecular formula is C12H10INOS2. The SMILES string of the molecule is CSc1ccc(NC(=O)c2csc(I)c2)cc1. The highest BCUT2D eigenvalue weighted by molar-refractivity contribution is 14.1. The van der Waals surface area contributed by atoms with E-state index in [0.717, 1.165) is 8.57 Å². The van der Waals surface area contributed by atoms with Gasteiger partial charge < -0.3 is 5.32 Å². The molecule has 2 nitrogen and oxygen atoms in total. The van der Waals surface area contributed by atoms with Crippen molar-refractivity contribution < 1.29 is 4.79 Å². The molecule has 0 aliphatic carbocycles. The van der Waals surface area contributed by atoms with Crippen molar-refractivity contribution in [2.75, 3.05) is 11.6 Å². The predicted molar refractivity (Wildman–Crippen MR) is 83.2 cm³/mol. The third-order valence-corrected chi connectivity index (χ3v) is 4.71. The van der Waals surface area contributed by atoms with E-state index in [0.29, 0.717) is 5.56 Å². The van der Waals surface area contributed by atoms with Gasteiger partial charge in [-0.25, -0.2) is 0 Å². The maximum atomic E-state index is 11.9. The molecule has 2 rings (SSSR count). The van der Waals surface area contributed by atoms with Crippen LogP contribution in [0, 0.1) is 2.88 Å². The summed E-state index contributed by atoms with van der Waals surface area (Å²) in [6.45, 7) is 0. The maximum Gasteiger partial charge on any atom is 0.256 e. The molecule has 0 aliphatic rings. The van der Waals surface area contributed by atoms with Crippen molar-refractivity contribution in [1.29, 1.82) is 0 Å². The number of benzene rings is 1. The highest BCUT2D eigenvalue weighted by atomic mass is 127. The summed E-state index contributed by atoms with van der Waals surface area (Å²) in [6, 6.07) is 9.72. The number of carbonyl (C=O) groups is 1. The second-order valence-corrected chi connectivity index (χ2v) is 7.01. The highest BCUT2D eigenvalue weighted by Crippen LogP contribution is 2.20. The Morgan fingerprint density at radius 2 is 2.06 bits per heavy atom. The molecule has 0 atom stereocenters. The molecule has 1 N–H and O–H groups in total. The van der Waals surface area contributed by atoms with Crippen molar-refractivity contribution in [3.8, 4) is 0 Å². The molecule has 0 fully saturated rings. The molecule has 0 saturated carbocycles.